The van der Waals surface area contributed by atoms with E-state index in [9.17, 15) is 22.0 Å². The number of H-pyrrole nitrogens is 1. The molecular weight excluding hydrogens is 433 g/mol. The van der Waals surface area contributed by atoms with Gasteiger partial charge in [-0.1, -0.05) is 6.58 Å². The van der Waals surface area contributed by atoms with E-state index in [0.29, 0.717) is 33.2 Å². The van der Waals surface area contributed by atoms with Crippen LogP contribution in [0.5, 0.6) is 0 Å². The molecule has 0 fully saturated rings. The van der Waals surface area contributed by atoms with Gasteiger partial charge in [0, 0.05) is 41.5 Å². The highest BCUT2D eigenvalue weighted by Gasteiger charge is 2.36. The molecule has 0 saturated carbocycles. The van der Waals surface area contributed by atoms with Crippen LogP contribution in [-0.2, 0) is 6.42 Å². The Morgan fingerprint density at radius 3 is 2.69 bits per heavy atom. The molecule has 32 heavy (non-hydrogen) atoms. The van der Waals surface area contributed by atoms with Gasteiger partial charge in [0.2, 0.25) is 12.4 Å². The van der Waals surface area contributed by atoms with Crippen LogP contribution >= 0.6 is 0 Å². The van der Waals surface area contributed by atoms with Crippen molar-refractivity contribution in [2.45, 2.75) is 32.0 Å². The topological polar surface area (TPSA) is 96.9 Å². The molecule has 0 bridgehead atoms. The predicted octanol–water partition coefficient (Wildman–Crippen LogP) is 4.53. The van der Waals surface area contributed by atoms with Crippen LogP contribution in [0.2, 0.25) is 0 Å². The van der Waals surface area contributed by atoms with E-state index in [0.717, 1.165) is 6.92 Å². The highest BCUT2D eigenvalue weighted by atomic mass is 19.4. The van der Waals surface area contributed by atoms with Gasteiger partial charge >= 0.3 is 6.18 Å². The minimum atomic E-state index is -4.42. The molecule has 0 aliphatic heterocycles. The zero-order valence-electron chi connectivity index (χ0n) is 16.9. The molecule has 0 aliphatic rings. The summed E-state index contributed by atoms with van der Waals surface area (Å²) < 4.78 is 65.2. The molecule has 0 saturated heterocycles. The van der Waals surface area contributed by atoms with Crippen molar-refractivity contribution >= 4 is 22.5 Å². The van der Waals surface area contributed by atoms with Crippen LogP contribution in [0.3, 0.4) is 0 Å². The van der Waals surface area contributed by atoms with Gasteiger partial charge in [-0.2, -0.15) is 23.3 Å². The van der Waals surface area contributed by atoms with Crippen molar-refractivity contribution in [3.8, 4) is 11.1 Å². The number of aromatic nitrogens is 5. The molecule has 4 rings (SSSR count). The second-order valence-electron chi connectivity index (χ2n) is 6.81. The van der Waals surface area contributed by atoms with Crippen LogP contribution < -0.4 is 11.1 Å². The highest BCUT2D eigenvalue weighted by Crippen LogP contribution is 2.30. The van der Waals surface area contributed by atoms with Crippen LogP contribution in [0.4, 0.5) is 27.9 Å². The van der Waals surface area contributed by atoms with Crippen LogP contribution in [0.1, 0.15) is 12.5 Å². The lowest BCUT2D eigenvalue weighted by molar-refractivity contribution is -0.138. The number of nitrogens with one attached hydrogen (secondary N) is 2. The van der Waals surface area contributed by atoms with Gasteiger partial charge in [0.15, 0.2) is 0 Å². The van der Waals surface area contributed by atoms with Gasteiger partial charge in [-0.15, -0.1) is 0 Å². The highest BCUT2D eigenvalue weighted by molar-refractivity contribution is 5.94. The lowest BCUT2D eigenvalue weighted by Gasteiger charge is -2.16. The van der Waals surface area contributed by atoms with E-state index in [-0.39, 0.29) is 5.95 Å². The summed E-state index contributed by atoms with van der Waals surface area (Å²) in [5, 5.41) is 6.88. The molecule has 4 heterocycles. The molecule has 0 amide bonds. The summed E-state index contributed by atoms with van der Waals surface area (Å²) in [6.45, 7) is 4.12. The first-order valence-corrected chi connectivity index (χ1v) is 9.38. The predicted molar refractivity (Wildman–Crippen MR) is 111 cm³/mol. The molecule has 4 N–H and O–H groups in total. The fraction of sp³-hybridized carbons (Fsp3) is 0.250. The number of hydrogen-bond donors (Lipinski definition) is 3. The van der Waals surface area contributed by atoms with Gasteiger partial charge in [-0.3, -0.25) is 0 Å². The number of rotatable bonds is 5. The van der Waals surface area contributed by atoms with E-state index >= 15 is 0 Å². The summed E-state index contributed by atoms with van der Waals surface area (Å²) in [6, 6.07) is 1.68. The number of alkyl halides is 5. The number of nitrogens with zero attached hydrogens (tertiary/aromatic N) is 4. The number of aromatic amines is 1. The number of pyridine rings is 1. The van der Waals surface area contributed by atoms with Crippen LogP contribution in [-0.4, -0.2) is 43.2 Å². The zero-order chi connectivity index (χ0) is 23.5. The summed E-state index contributed by atoms with van der Waals surface area (Å²) >= 11 is 0. The van der Waals surface area contributed by atoms with Crippen molar-refractivity contribution in [1.82, 2.24) is 24.6 Å². The van der Waals surface area contributed by atoms with Gasteiger partial charge in [0.1, 0.15) is 11.7 Å². The maximum Gasteiger partial charge on any atom is 0.408 e. The quantitative estimate of drug-likeness (QED) is 0.386. The molecule has 4 aromatic rings. The summed E-state index contributed by atoms with van der Waals surface area (Å²) in [5.41, 5.74) is 7.35. The Morgan fingerprint density at radius 1 is 1.31 bits per heavy atom. The zero-order valence-corrected chi connectivity index (χ0v) is 16.9. The first-order valence-electron chi connectivity index (χ1n) is 9.38. The lowest BCUT2D eigenvalue weighted by Crippen LogP contribution is -2.33. The second kappa shape index (κ2) is 9.20. The van der Waals surface area contributed by atoms with Crippen LogP contribution in [0.15, 0.2) is 49.7 Å². The minimum absolute atomic E-state index is 0.152. The minimum Gasteiger partial charge on any atom is -0.405 e. The fourth-order valence-corrected chi connectivity index (χ4v) is 3.01. The van der Waals surface area contributed by atoms with E-state index in [1.165, 1.54) is 23.1 Å². The van der Waals surface area contributed by atoms with Crippen LogP contribution in [0, 0.1) is 0 Å². The van der Waals surface area contributed by atoms with Gasteiger partial charge in [0.05, 0.1) is 11.7 Å². The Kier molecular flexibility index (Phi) is 6.61. The summed E-state index contributed by atoms with van der Waals surface area (Å²) in [6.07, 6.45) is 0.0552. The molecular formula is C20H20F5N7. The van der Waals surface area contributed by atoms with E-state index in [1.54, 1.807) is 24.5 Å². The Hall–Kier alpha value is -3.70. The first-order chi connectivity index (χ1) is 15.1. The largest absolute Gasteiger partial charge is 0.408 e. The maximum atomic E-state index is 12.8. The third-order valence-electron chi connectivity index (χ3n) is 4.56. The Labute approximate surface area is 179 Å². The second-order valence-corrected chi connectivity index (χ2v) is 6.81. The number of anilines is 1. The number of halogens is 5. The smallest absolute Gasteiger partial charge is 0.405 e. The average molecular weight is 453 g/mol. The van der Waals surface area contributed by atoms with Crippen molar-refractivity contribution in [2.24, 2.45) is 5.73 Å². The lowest BCUT2D eigenvalue weighted by atomic mass is 10.1. The van der Waals surface area contributed by atoms with E-state index < -0.39 is 25.1 Å². The number of fused-ring (bicyclic) bond motifs is 2. The molecule has 0 aromatic carbocycles. The molecule has 7 nitrogen and oxygen atoms in total. The molecule has 1 unspecified atom stereocenters. The number of hydrogen-bond acceptors (Lipinski definition) is 5. The van der Waals surface area contributed by atoms with E-state index in [4.69, 9.17) is 0 Å². The molecule has 0 radical (unpaired) electrons. The van der Waals surface area contributed by atoms with Crippen molar-refractivity contribution in [3.63, 3.8) is 0 Å². The SMILES string of the molecule is C=CN.CC(Nc1ncc2c(-c3ccn4ncc(CC(F)F)c4c3)c[nH]c2n1)C(F)(F)F. The van der Waals surface area contributed by atoms with Gasteiger partial charge in [-0.25, -0.2) is 18.3 Å². The van der Waals surface area contributed by atoms with Crippen molar-refractivity contribution in [2.75, 3.05) is 5.32 Å². The monoisotopic (exact) mass is 453 g/mol. The molecule has 4 aromatic heterocycles. The normalized spacial score (nSPS) is 12.6. The van der Waals surface area contributed by atoms with E-state index in [1.807, 2.05) is 0 Å². The van der Waals surface area contributed by atoms with Crippen molar-refractivity contribution < 1.29 is 22.0 Å². The summed E-state index contributed by atoms with van der Waals surface area (Å²) in [4.78, 5) is 11.0. The fourth-order valence-electron chi connectivity index (χ4n) is 3.01. The Balaban J connectivity index is 0.000000913. The van der Waals surface area contributed by atoms with Crippen molar-refractivity contribution in [1.29, 1.82) is 0 Å². The molecule has 0 aliphatic carbocycles. The summed E-state index contributed by atoms with van der Waals surface area (Å²) in [7, 11) is 0. The average Bonchev–Trinajstić information content (AvgIpc) is 3.31. The molecule has 1 atom stereocenters. The first kappa shape index (κ1) is 23.0. The summed E-state index contributed by atoms with van der Waals surface area (Å²) in [5.74, 6) is -0.152. The maximum absolute atomic E-state index is 12.8. The van der Waals surface area contributed by atoms with Crippen LogP contribution in [0.25, 0.3) is 27.7 Å². The standard InChI is InChI=1S/C18H15F5N6.C2H5N/c1-9(18(21,22)23)27-17-25-8-13-12(7-24-16(13)28-17)10-2-3-29-14(4-10)11(6-26-29)5-15(19)20;1-2-3/h2-4,6-9,15H,5H2,1H3,(H2,24,25,27,28);2H,1,3H2. The third-order valence-corrected chi connectivity index (χ3v) is 4.56. The Morgan fingerprint density at radius 2 is 2.03 bits per heavy atom. The molecule has 0 spiro atoms. The molecule has 12 heteroatoms. The third kappa shape index (κ3) is 4.95. The van der Waals surface area contributed by atoms with Gasteiger partial charge in [-0.05, 0) is 30.8 Å². The van der Waals surface area contributed by atoms with E-state index in [2.05, 4.69) is 37.7 Å². The van der Waals surface area contributed by atoms with Crippen molar-refractivity contribution in [3.05, 3.63) is 55.3 Å². The Bertz CT molecular complexity index is 1210. The molecule has 170 valence electrons. The number of nitrogens with two attached hydrogens (primary N) is 1. The van der Waals surface area contributed by atoms with Gasteiger partial charge < -0.3 is 16.0 Å². The van der Waals surface area contributed by atoms with Gasteiger partial charge in [0.25, 0.3) is 0 Å².